The molecule has 0 atom stereocenters. The number of carbonyl (C=O) groups is 1. The van der Waals surface area contributed by atoms with E-state index in [2.05, 4.69) is 16.3 Å². The van der Waals surface area contributed by atoms with Crippen LogP contribution in [0.4, 0.5) is 0 Å². The van der Waals surface area contributed by atoms with Crippen molar-refractivity contribution >= 4 is 15.9 Å². The van der Waals surface area contributed by atoms with Crippen LogP contribution in [0.5, 0.6) is 0 Å². The molecule has 1 N–H and O–H groups in total. The lowest BCUT2D eigenvalue weighted by molar-refractivity contribution is 0.0950. The molecule has 0 saturated carbocycles. The number of hydrogen-bond donors (Lipinski definition) is 1. The molecule has 1 aliphatic heterocycles. The highest BCUT2D eigenvalue weighted by atomic mass is 32.2. The maximum absolute atomic E-state index is 13.0. The van der Waals surface area contributed by atoms with Gasteiger partial charge in [0.2, 0.25) is 10.0 Å². The monoisotopic (exact) mass is 429 g/mol. The highest BCUT2D eigenvalue weighted by molar-refractivity contribution is 7.89. The van der Waals surface area contributed by atoms with Crippen molar-refractivity contribution in [3.8, 4) is 0 Å². The molecular formula is C23H31N3O3S. The second-order valence-corrected chi connectivity index (χ2v) is 10.1. The first-order valence-corrected chi connectivity index (χ1v) is 11.8. The lowest BCUT2D eigenvalue weighted by atomic mass is 10.1. The maximum atomic E-state index is 13.0. The summed E-state index contributed by atoms with van der Waals surface area (Å²) in [7, 11) is 0.440. The predicted molar refractivity (Wildman–Crippen MR) is 119 cm³/mol. The van der Waals surface area contributed by atoms with E-state index in [-0.39, 0.29) is 10.8 Å². The molecule has 1 amide bonds. The number of carbonyl (C=O) groups excluding carboxylic acids is 1. The quantitative estimate of drug-likeness (QED) is 0.734. The average Bonchev–Trinajstić information content (AvgIpc) is 2.73. The molecule has 1 saturated heterocycles. The van der Waals surface area contributed by atoms with Gasteiger partial charge in [-0.1, -0.05) is 36.8 Å². The first-order chi connectivity index (χ1) is 14.3. The Labute approximate surface area is 179 Å². The number of aryl methyl sites for hydroxylation is 1. The van der Waals surface area contributed by atoms with Gasteiger partial charge in [0.1, 0.15) is 0 Å². The van der Waals surface area contributed by atoms with Crippen LogP contribution >= 0.6 is 0 Å². The van der Waals surface area contributed by atoms with E-state index in [1.54, 1.807) is 12.1 Å². The van der Waals surface area contributed by atoms with Crippen LogP contribution in [0.25, 0.3) is 0 Å². The number of nitrogens with zero attached hydrogens (tertiary/aromatic N) is 2. The molecule has 0 spiro atoms. The molecule has 0 bridgehead atoms. The molecule has 30 heavy (non-hydrogen) atoms. The summed E-state index contributed by atoms with van der Waals surface area (Å²) in [5.41, 5.74) is 3.36. The van der Waals surface area contributed by atoms with Gasteiger partial charge >= 0.3 is 0 Å². The molecular weight excluding hydrogens is 398 g/mol. The zero-order valence-electron chi connectivity index (χ0n) is 18.0. The van der Waals surface area contributed by atoms with Gasteiger partial charge in [0, 0.05) is 31.7 Å². The van der Waals surface area contributed by atoms with Gasteiger partial charge in [-0.15, -0.1) is 0 Å². The molecule has 162 valence electrons. The van der Waals surface area contributed by atoms with Gasteiger partial charge < -0.3 is 10.2 Å². The first kappa shape index (κ1) is 22.5. The van der Waals surface area contributed by atoms with Gasteiger partial charge in [-0.05, 0) is 62.7 Å². The fourth-order valence-electron chi connectivity index (χ4n) is 3.76. The summed E-state index contributed by atoms with van der Waals surface area (Å²) in [5.74, 6) is -0.261. The van der Waals surface area contributed by atoms with Crippen LogP contribution < -0.4 is 5.32 Å². The smallest absolute Gasteiger partial charge is 0.251 e. The Hall–Kier alpha value is -2.22. The van der Waals surface area contributed by atoms with Crippen molar-refractivity contribution in [1.82, 2.24) is 14.5 Å². The van der Waals surface area contributed by atoms with Crippen molar-refractivity contribution in [2.75, 3.05) is 27.2 Å². The van der Waals surface area contributed by atoms with E-state index in [0.29, 0.717) is 25.2 Å². The maximum Gasteiger partial charge on any atom is 0.251 e. The Morgan fingerprint density at radius 1 is 1.03 bits per heavy atom. The largest absolute Gasteiger partial charge is 0.348 e. The fraction of sp³-hybridized carbons (Fsp3) is 0.435. The molecule has 7 heteroatoms. The standard InChI is InChI=1S/C23H31N3O3S/c1-18-11-12-21(30(28,29)26-13-7-4-8-14-26)15-22(18)23(27)24-16-19-9-5-6-10-20(19)17-25(2)3/h5-6,9-12,15H,4,7-8,13-14,16-17H2,1-3H3,(H,24,27). The lowest BCUT2D eigenvalue weighted by Crippen LogP contribution is -2.35. The predicted octanol–water partition coefficient (Wildman–Crippen LogP) is 3.16. The van der Waals surface area contributed by atoms with Crippen molar-refractivity contribution < 1.29 is 13.2 Å². The third kappa shape index (κ3) is 5.28. The molecule has 2 aromatic carbocycles. The highest BCUT2D eigenvalue weighted by Crippen LogP contribution is 2.23. The Kier molecular flexibility index (Phi) is 7.28. The number of nitrogens with one attached hydrogen (secondary N) is 1. The number of benzene rings is 2. The summed E-state index contributed by atoms with van der Waals surface area (Å²) in [4.78, 5) is 15.2. The number of amides is 1. The van der Waals surface area contributed by atoms with Crippen molar-refractivity contribution in [2.24, 2.45) is 0 Å². The number of hydrogen-bond acceptors (Lipinski definition) is 4. The summed E-state index contributed by atoms with van der Waals surface area (Å²) < 4.78 is 27.5. The summed E-state index contributed by atoms with van der Waals surface area (Å²) in [6.07, 6.45) is 2.82. The van der Waals surface area contributed by atoms with Gasteiger partial charge in [-0.3, -0.25) is 4.79 Å². The van der Waals surface area contributed by atoms with Gasteiger partial charge in [-0.25, -0.2) is 8.42 Å². The molecule has 1 heterocycles. The van der Waals surface area contributed by atoms with Crippen molar-refractivity contribution in [1.29, 1.82) is 0 Å². The molecule has 6 nitrogen and oxygen atoms in total. The number of rotatable bonds is 7. The average molecular weight is 430 g/mol. The lowest BCUT2D eigenvalue weighted by Gasteiger charge is -2.26. The third-order valence-corrected chi connectivity index (χ3v) is 7.35. The number of sulfonamides is 1. The van der Waals surface area contributed by atoms with E-state index in [1.807, 2.05) is 39.2 Å². The topological polar surface area (TPSA) is 69.7 Å². The van der Waals surface area contributed by atoms with Gasteiger partial charge in [0.05, 0.1) is 4.90 Å². The van der Waals surface area contributed by atoms with Gasteiger partial charge in [0.25, 0.3) is 5.91 Å². The van der Waals surface area contributed by atoms with Gasteiger partial charge in [-0.2, -0.15) is 4.31 Å². The highest BCUT2D eigenvalue weighted by Gasteiger charge is 2.27. The normalized spacial score (nSPS) is 15.3. The minimum atomic E-state index is -3.57. The Bertz CT molecular complexity index is 997. The second-order valence-electron chi connectivity index (χ2n) is 8.13. The first-order valence-electron chi connectivity index (χ1n) is 10.4. The SMILES string of the molecule is Cc1ccc(S(=O)(=O)N2CCCCC2)cc1C(=O)NCc1ccccc1CN(C)C. The molecule has 3 rings (SSSR count). The zero-order chi connectivity index (χ0) is 21.7. The molecule has 0 aromatic heterocycles. The molecule has 0 unspecified atom stereocenters. The van der Waals surface area contributed by atoms with Crippen molar-refractivity contribution in [2.45, 2.75) is 44.2 Å². The Morgan fingerprint density at radius 3 is 2.37 bits per heavy atom. The summed E-state index contributed by atoms with van der Waals surface area (Å²) in [6, 6.07) is 12.8. The minimum Gasteiger partial charge on any atom is -0.348 e. The molecule has 2 aromatic rings. The summed E-state index contributed by atoms with van der Waals surface area (Å²) in [6.45, 7) is 4.09. The van der Waals surface area contributed by atoms with Crippen LogP contribution in [0.15, 0.2) is 47.4 Å². The van der Waals surface area contributed by atoms with Crippen LogP contribution in [-0.4, -0.2) is 50.7 Å². The summed E-state index contributed by atoms with van der Waals surface area (Å²) in [5, 5.41) is 2.96. The molecule has 1 aliphatic rings. The van der Waals surface area contributed by atoms with Crippen LogP contribution in [-0.2, 0) is 23.1 Å². The van der Waals surface area contributed by atoms with Crippen LogP contribution in [0.3, 0.4) is 0 Å². The molecule has 1 fully saturated rings. The van der Waals surface area contributed by atoms with Crippen LogP contribution in [0.2, 0.25) is 0 Å². The zero-order valence-corrected chi connectivity index (χ0v) is 18.8. The van der Waals surface area contributed by atoms with E-state index in [9.17, 15) is 13.2 Å². The number of piperidine rings is 1. The fourth-order valence-corrected chi connectivity index (χ4v) is 5.30. The van der Waals surface area contributed by atoms with E-state index in [0.717, 1.165) is 42.5 Å². The van der Waals surface area contributed by atoms with Crippen LogP contribution in [0.1, 0.15) is 46.3 Å². The van der Waals surface area contributed by atoms with E-state index < -0.39 is 10.0 Å². The Morgan fingerprint density at radius 2 is 1.70 bits per heavy atom. The second kappa shape index (κ2) is 9.73. The Balaban J connectivity index is 1.78. The van der Waals surface area contributed by atoms with E-state index in [1.165, 1.54) is 10.4 Å². The molecule has 0 radical (unpaired) electrons. The van der Waals surface area contributed by atoms with Crippen LogP contribution in [0, 0.1) is 6.92 Å². The van der Waals surface area contributed by atoms with E-state index >= 15 is 0 Å². The molecule has 0 aliphatic carbocycles. The van der Waals surface area contributed by atoms with Gasteiger partial charge in [0.15, 0.2) is 0 Å². The van der Waals surface area contributed by atoms with Crippen molar-refractivity contribution in [3.05, 3.63) is 64.7 Å². The minimum absolute atomic E-state index is 0.188. The van der Waals surface area contributed by atoms with Crippen molar-refractivity contribution in [3.63, 3.8) is 0 Å². The van der Waals surface area contributed by atoms with E-state index in [4.69, 9.17) is 0 Å². The summed E-state index contributed by atoms with van der Waals surface area (Å²) >= 11 is 0. The third-order valence-electron chi connectivity index (χ3n) is 5.45.